The van der Waals surface area contributed by atoms with Crippen LogP contribution in [0.3, 0.4) is 0 Å². The summed E-state index contributed by atoms with van der Waals surface area (Å²) in [4.78, 5) is 16.6. The molecule has 0 spiro atoms. The lowest BCUT2D eigenvalue weighted by Gasteiger charge is -2.14. The van der Waals surface area contributed by atoms with Crippen LogP contribution in [0.15, 0.2) is 11.6 Å². The monoisotopic (exact) mass is 200 g/mol. The lowest BCUT2D eigenvalue weighted by atomic mass is 10.5. The molecule has 1 rings (SSSR count). The van der Waals surface area contributed by atoms with Crippen molar-refractivity contribution >= 4 is 22.4 Å². The normalized spacial score (nSPS) is 8.62. The lowest BCUT2D eigenvalue weighted by Crippen LogP contribution is -2.27. The Bertz CT molecular complexity index is 234. The predicted molar refractivity (Wildman–Crippen MR) is 57.2 cm³/mol. The van der Waals surface area contributed by atoms with Crippen LogP contribution in [0.1, 0.15) is 27.7 Å². The van der Waals surface area contributed by atoms with Gasteiger partial charge in [-0.25, -0.2) is 4.98 Å². The molecular weight excluding hydrogens is 184 g/mol. The van der Waals surface area contributed by atoms with E-state index in [2.05, 4.69) is 4.98 Å². The second-order valence-corrected chi connectivity index (χ2v) is 2.95. The van der Waals surface area contributed by atoms with Gasteiger partial charge in [0.25, 0.3) is 0 Å². The van der Waals surface area contributed by atoms with Crippen molar-refractivity contribution in [3.05, 3.63) is 11.6 Å². The largest absolute Gasteiger partial charge is 0.289 e. The fourth-order valence-corrected chi connectivity index (χ4v) is 1.59. The highest BCUT2D eigenvalue weighted by molar-refractivity contribution is 7.13. The van der Waals surface area contributed by atoms with Crippen molar-refractivity contribution < 1.29 is 4.79 Å². The van der Waals surface area contributed by atoms with Gasteiger partial charge in [-0.3, -0.25) is 9.69 Å². The summed E-state index contributed by atoms with van der Waals surface area (Å²) in [5.41, 5.74) is 0. The number of thiazole rings is 1. The molecule has 0 saturated carbocycles. The van der Waals surface area contributed by atoms with Crippen LogP contribution in [-0.4, -0.2) is 17.4 Å². The van der Waals surface area contributed by atoms with Crippen LogP contribution in [0.2, 0.25) is 0 Å². The lowest BCUT2D eigenvalue weighted by molar-refractivity contribution is -0.116. The van der Waals surface area contributed by atoms with Gasteiger partial charge >= 0.3 is 0 Å². The van der Waals surface area contributed by atoms with Gasteiger partial charge in [0.1, 0.15) is 0 Å². The zero-order valence-electron chi connectivity index (χ0n) is 8.57. The van der Waals surface area contributed by atoms with Crippen molar-refractivity contribution in [2.24, 2.45) is 0 Å². The first-order chi connectivity index (χ1) is 6.25. The van der Waals surface area contributed by atoms with E-state index in [1.165, 1.54) is 11.3 Å². The van der Waals surface area contributed by atoms with E-state index in [9.17, 15) is 4.79 Å². The number of hydrogen-bond donors (Lipinski definition) is 0. The molecule has 1 heterocycles. The molecule has 1 amide bonds. The van der Waals surface area contributed by atoms with E-state index in [0.717, 1.165) is 5.13 Å². The van der Waals surface area contributed by atoms with Gasteiger partial charge in [-0.05, 0) is 6.92 Å². The summed E-state index contributed by atoms with van der Waals surface area (Å²) in [5.74, 6) is 0.0439. The number of nitrogens with zero attached hydrogens (tertiary/aromatic N) is 2. The molecule has 1 aromatic heterocycles. The second kappa shape index (κ2) is 6.60. The van der Waals surface area contributed by atoms with Crippen LogP contribution in [0.25, 0.3) is 0 Å². The summed E-state index contributed by atoms with van der Waals surface area (Å²) in [6, 6.07) is 0. The van der Waals surface area contributed by atoms with Crippen LogP contribution in [0.4, 0.5) is 5.13 Å². The number of aromatic nitrogens is 1. The zero-order chi connectivity index (χ0) is 10.3. The summed E-state index contributed by atoms with van der Waals surface area (Å²) < 4.78 is 0. The Kier molecular flexibility index (Phi) is 6.14. The van der Waals surface area contributed by atoms with E-state index in [1.807, 2.05) is 26.2 Å². The van der Waals surface area contributed by atoms with E-state index in [1.54, 1.807) is 18.0 Å². The summed E-state index contributed by atoms with van der Waals surface area (Å²) in [6.45, 7) is 8.16. The van der Waals surface area contributed by atoms with E-state index < -0.39 is 0 Å². The Hall–Kier alpha value is -0.900. The fourth-order valence-electron chi connectivity index (χ4n) is 0.842. The molecule has 0 N–H and O–H groups in total. The molecule has 3 nitrogen and oxygen atoms in total. The molecule has 0 unspecified atom stereocenters. The first kappa shape index (κ1) is 12.1. The van der Waals surface area contributed by atoms with Gasteiger partial charge in [0, 0.05) is 25.0 Å². The Morgan fingerprint density at radius 2 is 2.23 bits per heavy atom. The standard InChI is InChI=1S/C7H10N2OS.C2H6/c1-3-9(6(2)10)7-8-4-5-11-7;1-2/h4-5H,3H2,1-2H3;1-2H3. The van der Waals surface area contributed by atoms with Crippen LogP contribution in [0, 0.1) is 0 Å². The highest BCUT2D eigenvalue weighted by Gasteiger charge is 2.09. The average Bonchev–Trinajstić information content (AvgIpc) is 2.62. The summed E-state index contributed by atoms with van der Waals surface area (Å²) >= 11 is 1.48. The summed E-state index contributed by atoms with van der Waals surface area (Å²) in [6.07, 6.45) is 1.70. The molecule has 13 heavy (non-hydrogen) atoms. The minimum atomic E-state index is 0.0439. The molecule has 0 aliphatic rings. The van der Waals surface area contributed by atoms with Gasteiger partial charge in [0.2, 0.25) is 5.91 Å². The Labute approximate surface area is 83.4 Å². The SMILES string of the molecule is CC.CCN(C(C)=O)c1nccs1. The van der Waals surface area contributed by atoms with E-state index in [-0.39, 0.29) is 5.91 Å². The Morgan fingerprint density at radius 3 is 2.54 bits per heavy atom. The van der Waals surface area contributed by atoms with Gasteiger partial charge in [0.15, 0.2) is 5.13 Å². The molecule has 1 aromatic rings. The zero-order valence-corrected chi connectivity index (χ0v) is 9.39. The van der Waals surface area contributed by atoms with Crippen LogP contribution < -0.4 is 4.90 Å². The van der Waals surface area contributed by atoms with Gasteiger partial charge in [-0.1, -0.05) is 13.8 Å². The molecule has 74 valence electrons. The third-order valence-corrected chi connectivity index (χ3v) is 2.14. The average molecular weight is 200 g/mol. The molecule has 0 fully saturated rings. The van der Waals surface area contributed by atoms with Crippen molar-refractivity contribution in [2.45, 2.75) is 27.7 Å². The minimum Gasteiger partial charge on any atom is -0.289 e. The number of hydrogen-bond acceptors (Lipinski definition) is 3. The molecule has 0 radical (unpaired) electrons. The van der Waals surface area contributed by atoms with Gasteiger partial charge < -0.3 is 0 Å². The number of carbonyl (C=O) groups is 1. The predicted octanol–water partition coefficient (Wildman–Crippen LogP) is 2.54. The summed E-state index contributed by atoms with van der Waals surface area (Å²) in [7, 11) is 0. The first-order valence-corrected chi connectivity index (χ1v) is 5.31. The highest BCUT2D eigenvalue weighted by Crippen LogP contribution is 2.16. The smallest absolute Gasteiger partial charge is 0.225 e. The molecule has 0 aliphatic carbocycles. The van der Waals surface area contributed by atoms with Crippen LogP contribution in [0.5, 0.6) is 0 Å². The van der Waals surface area contributed by atoms with Crippen molar-refractivity contribution in [2.75, 3.05) is 11.4 Å². The number of carbonyl (C=O) groups excluding carboxylic acids is 1. The third-order valence-electron chi connectivity index (χ3n) is 1.35. The molecule has 0 bridgehead atoms. The van der Waals surface area contributed by atoms with Crippen LogP contribution in [-0.2, 0) is 4.79 Å². The van der Waals surface area contributed by atoms with E-state index in [0.29, 0.717) is 6.54 Å². The number of anilines is 1. The fraction of sp³-hybridized carbons (Fsp3) is 0.556. The number of rotatable bonds is 2. The maximum Gasteiger partial charge on any atom is 0.225 e. The van der Waals surface area contributed by atoms with Crippen LogP contribution >= 0.6 is 11.3 Å². The van der Waals surface area contributed by atoms with Gasteiger partial charge in [-0.2, -0.15) is 0 Å². The maximum atomic E-state index is 11.0. The molecule has 0 aromatic carbocycles. The molecule has 4 heteroatoms. The quantitative estimate of drug-likeness (QED) is 0.735. The Balaban J connectivity index is 0.000000671. The molecule has 0 aliphatic heterocycles. The van der Waals surface area contributed by atoms with Gasteiger partial charge in [-0.15, -0.1) is 11.3 Å². The molecular formula is C9H16N2OS. The van der Waals surface area contributed by atoms with E-state index in [4.69, 9.17) is 0 Å². The van der Waals surface area contributed by atoms with Crippen molar-refractivity contribution in [3.63, 3.8) is 0 Å². The highest BCUT2D eigenvalue weighted by atomic mass is 32.1. The van der Waals surface area contributed by atoms with Crippen molar-refractivity contribution in [1.82, 2.24) is 4.98 Å². The third kappa shape index (κ3) is 3.55. The second-order valence-electron chi connectivity index (χ2n) is 2.08. The Morgan fingerprint density at radius 1 is 1.62 bits per heavy atom. The van der Waals surface area contributed by atoms with Crippen molar-refractivity contribution in [3.8, 4) is 0 Å². The molecule has 0 saturated heterocycles. The van der Waals surface area contributed by atoms with Gasteiger partial charge in [0.05, 0.1) is 0 Å². The molecule has 0 atom stereocenters. The number of amides is 1. The maximum absolute atomic E-state index is 11.0. The van der Waals surface area contributed by atoms with Crippen molar-refractivity contribution in [1.29, 1.82) is 0 Å². The summed E-state index contributed by atoms with van der Waals surface area (Å²) in [5, 5.41) is 2.64. The first-order valence-electron chi connectivity index (χ1n) is 4.43. The van der Waals surface area contributed by atoms with E-state index >= 15 is 0 Å². The topological polar surface area (TPSA) is 33.2 Å². The minimum absolute atomic E-state index is 0.0439.